The molecule has 0 spiro atoms. The number of carbonyl (C=O) groups is 1. The Morgan fingerprint density at radius 1 is 1.12 bits per heavy atom. The Bertz CT molecular complexity index is 834. The second-order valence-corrected chi connectivity index (χ2v) is 7.11. The molecule has 3 aromatic rings. The van der Waals surface area contributed by atoms with Crippen molar-refractivity contribution in [2.45, 2.75) is 19.5 Å². The van der Waals surface area contributed by atoms with Crippen LogP contribution >= 0.6 is 22.9 Å². The first-order valence-electron chi connectivity index (χ1n) is 8.05. The quantitative estimate of drug-likeness (QED) is 0.601. The Morgan fingerprint density at radius 3 is 2.64 bits per heavy atom. The minimum absolute atomic E-state index is 0.139. The van der Waals surface area contributed by atoms with Gasteiger partial charge in [0, 0.05) is 12.6 Å². The van der Waals surface area contributed by atoms with Crippen LogP contribution in [0.3, 0.4) is 0 Å². The molecule has 1 heterocycles. The van der Waals surface area contributed by atoms with Gasteiger partial charge >= 0.3 is 0 Å². The Labute approximate surface area is 156 Å². The fourth-order valence-corrected chi connectivity index (χ4v) is 3.28. The van der Waals surface area contributed by atoms with Gasteiger partial charge in [0.25, 0.3) is 5.91 Å². The first kappa shape index (κ1) is 17.7. The lowest BCUT2D eigenvalue weighted by atomic mass is 10.1. The highest BCUT2D eigenvalue weighted by atomic mass is 35.5. The van der Waals surface area contributed by atoms with E-state index in [1.807, 2.05) is 47.8 Å². The van der Waals surface area contributed by atoms with Gasteiger partial charge < -0.3 is 10.6 Å². The lowest BCUT2D eigenvalue weighted by Gasteiger charge is -2.15. The minimum atomic E-state index is -0.139. The predicted octanol–water partition coefficient (Wildman–Crippen LogP) is 5.50. The maximum atomic E-state index is 12.2. The summed E-state index contributed by atoms with van der Waals surface area (Å²) in [6, 6.07) is 19.9. The molecular weight excluding hydrogens is 352 g/mol. The van der Waals surface area contributed by atoms with E-state index in [-0.39, 0.29) is 11.9 Å². The average Bonchev–Trinajstić information content (AvgIpc) is 3.17. The highest BCUT2D eigenvalue weighted by molar-refractivity contribution is 7.12. The zero-order chi connectivity index (χ0) is 17.6. The van der Waals surface area contributed by atoms with Gasteiger partial charge in [-0.3, -0.25) is 4.79 Å². The van der Waals surface area contributed by atoms with Crippen LogP contribution in [0.25, 0.3) is 0 Å². The van der Waals surface area contributed by atoms with E-state index in [1.54, 1.807) is 6.07 Å². The van der Waals surface area contributed by atoms with E-state index in [2.05, 4.69) is 29.7 Å². The number of rotatable bonds is 6. The molecule has 0 bridgehead atoms. The number of amides is 1. The molecule has 1 atom stereocenters. The number of anilines is 1. The molecule has 1 amide bonds. The molecule has 0 aliphatic heterocycles. The summed E-state index contributed by atoms with van der Waals surface area (Å²) in [5.41, 5.74) is 2.93. The van der Waals surface area contributed by atoms with Gasteiger partial charge in [0.15, 0.2) is 0 Å². The lowest BCUT2D eigenvalue weighted by molar-refractivity contribution is 0.103. The smallest absolute Gasteiger partial charge is 0.265 e. The molecule has 128 valence electrons. The molecule has 2 N–H and O–H groups in total. The Balaban J connectivity index is 1.66. The summed E-state index contributed by atoms with van der Waals surface area (Å²) in [4.78, 5) is 12.9. The molecule has 3 nitrogen and oxygen atoms in total. The van der Waals surface area contributed by atoms with E-state index < -0.39 is 0 Å². The summed E-state index contributed by atoms with van der Waals surface area (Å²) in [6.07, 6.45) is 0. The van der Waals surface area contributed by atoms with Crippen molar-refractivity contribution in [2.75, 3.05) is 5.32 Å². The third-order valence-electron chi connectivity index (χ3n) is 3.94. The number of hydrogen-bond donors (Lipinski definition) is 2. The fraction of sp³-hybridized carbons (Fsp3) is 0.150. The van der Waals surface area contributed by atoms with Gasteiger partial charge in [-0.15, -0.1) is 11.3 Å². The Hall–Kier alpha value is -2.14. The first-order chi connectivity index (χ1) is 12.1. The van der Waals surface area contributed by atoms with Crippen molar-refractivity contribution in [2.24, 2.45) is 0 Å². The molecule has 1 unspecified atom stereocenters. The highest BCUT2D eigenvalue weighted by Crippen LogP contribution is 2.25. The number of nitrogens with one attached hydrogen (secondary N) is 2. The number of benzene rings is 2. The van der Waals surface area contributed by atoms with Crippen molar-refractivity contribution in [3.8, 4) is 0 Å². The summed E-state index contributed by atoms with van der Waals surface area (Å²) in [5, 5.41) is 8.78. The van der Waals surface area contributed by atoms with Crippen LogP contribution in [0.15, 0.2) is 66.0 Å². The number of thiophene rings is 1. The van der Waals surface area contributed by atoms with Crippen LogP contribution in [0.5, 0.6) is 0 Å². The van der Waals surface area contributed by atoms with Crippen LogP contribution in [0.4, 0.5) is 5.69 Å². The highest BCUT2D eigenvalue weighted by Gasteiger charge is 2.11. The van der Waals surface area contributed by atoms with Gasteiger partial charge in [0.2, 0.25) is 0 Å². The number of hydrogen-bond acceptors (Lipinski definition) is 3. The topological polar surface area (TPSA) is 41.1 Å². The molecule has 0 saturated heterocycles. The zero-order valence-electron chi connectivity index (χ0n) is 13.8. The van der Waals surface area contributed by atoms with Crippen molar-refractivity contribution < 1.29 is 4.79 Å². The van der Waals surface area contributed by atoms with Crippen molar-refractivity contribution in [3.05, 3.63) is 87.1 Å². The standard InChI is InChI=1S/C20H19ClN2OS/c1-14(16-6-3-2-4-7-16)22-13-15-9-10-17(21)18(12-15)23-20(24)19-8-5-11-25-19/h2-12,14,22H,13H2,1H3,(H,23,24). The van der Waals surface area contributed by atoms with Crippen molar-refractivity contribution in [3.63, 3.8) is 0 Å². The molecule has 0 aliphatic rings. The molecule has 2 aromatic carbocycles. The number of carbonyl (C=O) groups excluding carboxylic acids is 1. The largest absolute Gasteiger partial charge is 0.320 e. The van der Waals surface area contributed by atoms with Crippen LogP contribution < -0.4 is 10.6 Å². The molecular formula is C20H19ClN2OS. The van der Waals surface area contributed by atoms with Crippen LogP contribution in [-0.2, 0) is 6.54 Å². The summed E-state index contributed by atoms with van der Waals surface area (Å²) in [6.45, 7) is 2.82. The van der Waals surface area contributed by atoms with E-state index in [1.165, 1.54) is 16.9 Å². The van der Waals surface area contributed by atoms with E-state index >= 15 is 0 Å². The van der Waals surface area contributed by atoms with Gasteiger partial charge in [-0.1, -0.05) is 54.1 Å². The first-order valence-corrected chi connectivity index (χ1v) is 9.31. The van der Waals surface area contributed by atoms with Crippen LogP contribution in [0.2, 0.25) is 5.02 Å². The summed E-state index contributed by atoms with van der Waals surface area (Å²) < 4.78 is 0. The SMILES string of the molecule is CC(NCc1ccc(Cl)c(NC(=O)c2cccs2)c1)c1ccccc1. The zero-order valence-corrected chi connectivity index (χ0v) is 15.4. The number of halogens is 1. The molecule has 0 saturated carbocycles. The van der Waals surface area contributed by atoms with Gasteiger partial charge in [0.1, 0.15) is 0 Å². The molecule has 1 aromatic heterocycles. The van der Waals surface area contributed by atoms with Crippen LogP contribution in [0.1, 0.15) is 33.8 Å². The summed E-state index contributed by atoms with van der Waals surface area (Å²) in [7, 11) is 0. The van der Waals surface area contributed by atoms with Crippen molar-refractivity contribution in [1.29, 1.82) is 0 Å². The second kappa shape index (κ2) is 8.30. The van der Waals surface area contributed by atoms with E-state index in [9.17, 15) is 4.79 Å². The molecule has 0 aliphatic carbocycles. The lowest BCUT2D eigenvalue weighted by Crippen LogP contribution is -2.18. The molecule has 3 rings (SSSR count). The molecule has 25 heavy (non-hydrogen) atoms. The van der Waals surface area contributed by atoms with E-state index in [0.29, 0.717) is 22.1 Å². The molecule has 5 heteroatoms. The monoisotopic (exact) mass is 370 g/mol. The van der Waals surface area contributed by atoms with Gasteiger partial charge in [0.05, 0.1) is 15.6 Å². The third-order valence-corrected chi connectivity index (χ3v) is 5.13. The summed E-state index contributed by atoms with van der Waals surface area (Å²) >= 11 is 7.63. The normalized spacial score (nSPS) is 11.9. The fourth-order valence-electron chi connectivity index (χ4n) is 2.50. The maximum Gasteiger partial charge on any atom is 0.265 e. The van der Waals surface area contributed by atoms with Gasteiger partial charge in [-0.05, 0) is 41.6 Å². The summed E-state index contributed by atoms with van der Waals surface area (Å²) in [5.74, 6) is -0.139. The third kappa shape index (κ3) is 4.69. The van der Waals surface area contributed by atoms with Crippen LogP contribution in [-0.4, -0.2) is 5.91 Å². The second-order valence-electron chi connectivity index (χ2n) is 5.76. The predicted molar refractivity (Wildman–Crippen MR) is 105 cm³/mol. The minimum Gasteiger partial charge on any atom is -0.320 e. The van der Waals surface area contributed by atoms with Crippen molar-refractivity contribution in [1.82, 2.24) is 5.32 Å². The van der Waals surface area contributed by atoms with E-state index in [4.69, 9.17) is 11.6 Å². The maximum absolute atomic E-state index is 12.2. The average molecular weight is 371 g/mol. The Kier molecular flexibility index (Phi) is 5.87. The van der Waals surface area contributed by atoms with Gasteiger partial charge in [-0.2, -0.15) is 0 Å². The van der Waals surface area contributed by atoms with E-state index in [0.717, 1.165) is 5.56 Å². The molecule has 0 radical (unpaired) electrons. The van der Waals surface area contributed by atoms with Crippen LogP contribution in [0, 0.1) is 0 Å². The van der Waals surface area contributed by atoms with Crippen molar-refractivity contribution >= 4 is 34.5 Å². The molecule has 0 fully saturated rings. The Morgan fingerprint density at radius 2 is 1.92 bits per heavy atom. The van der Waals surface area contributed by atoms with Gasteiger partial charge in [-0.25, -0.2) is 0 Å².